The molecule has 0 aromatic carbocycles. The van der Waals surface area contributed by atoms with E-state index in [2.05, 4.69) is 39.4 Å². The highest BCUT2D eigenvalue weighted by Gasteiger charge is 2.15. The lowest BCUT2D eigenvalue weighted by Gasteiger charge is -2.12. The SMILES string of the molecule is CCC(CC)n1nnc2c(NC)ncnc21. The highest BCUT2D eigenvalue weighted by molar-refractivity contribution is 5.81. The normalized spacial score (nSPS) is 11.2. The van der Waals surface area contributed by atoms with Gasteiger partial charge in [-0.25, -0.2) is 14.6 Å². The van der Waals surface area contributed by atoms with Crippen LogP contribution in [0.25, 0.3) is 11.2 Å². The van der Waals surface area contributed by atoms with Gasteiger partial charge in [0.15, 0.2) is 17.0 Å². The molecule has 0 bridgehead atoms. The van der Waals surface area contributed by atoms with Crippen molar-refractivity contribution in [2.24, 2.45) is 0 Å². The van der Waals surface area contributed by atoms with Gasteiger partial charge in [0.1, 0.15) is 6.33 Å². The third-order valence-electron chi connectivity index (χ3n) is 2.79. The highest BCUT2D eigenvalue weighted by atomic mass is 15.5. The van der Waals surface area contributed by atoms with Gasteiger partial charge in [0.25, 0.3) is 0 Å². The summed E-state index contributed by atoms with van der Waals surface area (Å²) in [7, 11) is 1.82. The van der Waals surface area contributed by atoms with E-state index in [1.54, 1.807) is 0 Å². The second-order valence-corrected chi connectivity index (χ2v) is 3.65. The van der Waals surface area contributed by atoms with Gasteiger partial charge < -0.3 is 5.32 Å². The van der Waals surface area contributed by atoms with Gasteiger partial charge in [-0.15, -0.1) is 5.10 Å². The number of rotatable bonds is 4. The van der Waals surface area contributed by atoms with Crippen molar-refractivity contribution in [1.29, 1.82) is 0 Å². The van der Waals surface area contributed by atoms with Crippen LogP contribution in [0.15, 0.2) is 6.33 Å². The van der Waals surface area contributed by atoms with Crippen LogP contribution in [0.1, 0.15) is 32.7 Å². The quantitative estimate of drug-likeness (QED) is 0.848. The zero-order chi connectivity index (χ0) is 11.5. The molecule has 0 saturated carbocycles. The van der Waals surface area contributed by atoms with E-state index in [0.29, 0.717) is 6.04 Å². The van der Waals surface area contributed by atoms with Crippen LogP contribution >= 0.6 is 0 Å². The van der Waals surface area contributed by atoms with Gasteiger partial charge in [-0.1, -0.05) is 19.1 Å². The third-order valence-corrected chi connectivity index (χ3v) is 2.79. The molecule has 0 unspecified atom stereocenters. The second-order valence-electron chi connectivity index (χ2n) is 3.65. The Morgan fingerprint density at radius 1 is 1.31 bits per heavy atom. The van der Waals surface area contributed by atoms with Crippen molar-refractivity contribution in [2.45, 2.75) is 32.7 Å². The molecule has 2 heterocycles. The number of fused-ring (bicyclic) bond motifs is 1. The van der Waals surface area contributed by atoms with Crippen LogP contribution in [0.4, 0.5) is 5.82 Å². The minimum absolute atomic E-state index is 0.351. The molecule has 6 heteroatoms. The Morgan fingerprint density at radius 2 is 2.06 bits per heavy atom. The molecule has 1 N–H and O–H groups in total. The van der Waals surface area contributed by atoms with Crippen LogP contribution in [0.5, 0.6) is 0 Å². The highest BCUT2D eigenvalue weighted by Crippen LogP contribution is 2.21. The van der Waals surface area contributed by atoms with Crippen molar-refractivity contribution < 1.29 is 0 Å². The van der Waals surface area contributed by atoms with Gasteiger partial charge in [-0.3, -0.25) is 0 Å². The first-order chi connectivity index (χ1) is 7.81. The molecule has 0 aliphatic rings. The monoisotopic (exact) mass is 220 g/mol. The minimum atomic E-state index is 0.351. The molecule has 0 spiro atoms. The zero-order valence-corrected chi connectivity index (χ0v) is 9.80. The molecule has 0 saturated heterocycles. The van der Waals surface area contributed by atoms with E-state index < -0.39 is 0 Å². The molecule has 86 valence electrons. The van der Waals surface area contributed by atoms with Crippen LogP contribution in [-0.2, 0) is 0 Å². The van der Waals surface area contributed by atoms with E-state index in [4.69, 9.17) is 0 Å². The van der Waals surface area contributed by atoms with Crippen molar-refractivity contribution in [3.05, 3.63) is 6.33 Å². The maximum atomic E-state index is 4.25. The average molecular weight is 220 g/mol. The Balaban J connectivity index is 2.56. The number of nitrogens with one attached hydrogen (secondary N) is 1. The molecule has 0 radical (unpaired) electrons. The molecular formula is C10H16N6. The number of hydrogen-bond acceptors (Lipinski definition) is 5. The maximum Gasteiger partial charge on any atom is 0.184 e. The summed E-state index contributed by atoms with van der Waals surface area (Å²) in [4.78, 5) is 8.37. The van der Waals surface area contributed by atoms with Gasteiger partial charge >= 0.3 is 0 Å². The van der Waals surface area contributed by atoms with E-state index in [1.807, 2.05) is 11.7 Å². The van der Waals surface area contributed by atoms with Crippen LogP contribution in [0, 0.1) is 0 Å². The largest absolute Gasteiger partial charge is 0.371 e. The fourth-order valence-electron chi connectivity index (χ4n) is 1.83. The lowest BCUT2D eigenvalue weighted by atomic mass is 10.2. The number of aromatic nitrogens is 5. The van der Waals surface area contributed by atoms with E-state index in [9.17, 15) is 0 Å². The number of anilines is 1. The molecule has 0 atom stereocenters. The Hall–Kier alpha value is -1.72. The van der Waals surface area contributed by atoms with Crippen LogP contribution < -0.4 is 5.32 Å². The molecule has 6 nitrogen and oxygen atoms in total. The second kappa shape index (κ2) is 4.42. The summed E-state index contributed by atoms with van der Waals surface area (Å²) < 4.78 is 1.89. The summed E-state index contributed by atoms with van der Waals surface area (Å²) in [6, 6.07) is 0.351. The lowest BCUT2D eigenvalue weighted by molar-refractivity contribution is 0.427. The molecule has 2 aromatic heterocycles. The topological polar surface area (TPSA) is 68.5 Å². The summed E-state index contributed by atoms with van der Waals surface area (Å²) in [5, 5.41) is 11.3. The van der Waals surface area contributed by atoms with Gasteiger partial charge in [-0.2, -0.15) is 0 Å². The number of nitrogens with zero attached hydrogens (tertiary/aromatic N) is 5. The molecule has 0 amide bonds. The molecule has 0 fully saturated rings. The molecule has 16 heavy (non-hydrogen) atoms. The zero-order valence-electron chi connectivity index (χ0n) is 9.80. The predicted octanol–water partition coefficient (Wildman–Crippen LogP) is 1.62. The third kappa shape index (κ3) is 1.60. The first kappa shape index (κ1) is 10.8. The fraction of sp³-hybridized carbons (Fsp3) is 0.600. The van der Waals surface area contributed by atoms with Crippen LogP contribution in [-0.4, -0.2) is 32.0 Å². The smallest absolute Gasteiger partial charge is 0.184 e. The van der Waals surface area contributed by atoms with Crippen molar-refractivity contribution in [3.8, 4) is 0 Å². The van der Waals surface area contributed by atoms with Crippen molar-refractivity contribution >= 4 is 17.0 Å². The van der Waals surface area contributed by atoms with E-state index in [1.165, 1.54) is 6.33 Å². The maximum absolute atomic E-state index is 4.25. The first-order valence-corrected chi connectivity index (χ1v) is 5.55. The number of hydrogen-bond donors (Lipinski definition) is 1. The standard InChI is InChI=1S/C10H16N6/c1-4-7(5-2)16-10-8(14-15-16)9(11-3)12-6-13-10/h6-7H,4-5H2,1-3H3,(H,11,12,13). The molecule has 0 aliphatic heterocycles. The fourth-order valence-corrected chi connectivity index (χ4v) is 1.83. The predicted molar refractivity (Wildman–Crippen MR) is 62.3 cm³/mol. The van der Waals surface area contributed by atoms with Crippen molar-refractivity contribution in [3.63, 3.8) is 0 Å². The Kier molecular flexibility index (Phi) is 2.98. The summed E-state index contributed by atoms with van der Waals surface area (Å²) in [6.45, 7) is 4.28. The summed E-state index contributed by atoms with van der Waals surface area (Å²) >= 11 is 0. The Morgan fingerprint density at radius 3 is 2.69 bits per heavy atom. The molecule has 2 rings (SSSR count). The lowest BCUT2D eigenvalue weighted by Crippen LogP contribution is -2.09. The van der Waals surface area contributed by atoms with Gasteiger partial charge in [0.2, 0.25) is 0 Å². The summed E-state index contributed by atoms with van der Waals surface area (Å²) in [5.41, 5.74) is 1.53. The molecule has 2 aromatic rings. The molecular weight excluding hydrogens is 204 g/mol. The Bertz CT molecular complexity index is 473. The van der Waals surface area contributed by atoms with E-state index in [-0.39, 0.29) is 0 Å². The van der Waals surface area contributed by atoms with Gasteiger partial charge in [0.05, 0.1) is 6.04 Å². The minimum Gasteiger partial charge on any atom is -0.371 e. The summed E-state index contributed by atoms with van der Waals surface area (Å²) in [6.07, 6.45) is 3.58. The van der Waals surface area contributed by atoms with E-state index in [0.717, 1.165) is 29.8 Å². The van der Waals surface area contributed by atoms with Gasteiger partial charge in [-0.05, 0) is 12.8 Å². The van der Waals surface area contributed by atoms with E-state index >= 15 is 0 Å². The Labute approximate surface area is 94.1 Å². The van der Waals surface area contributed by atoms with Crippen molar-refractivity contribution in [1.82, 2.24) is 25.0 Å². The molecule has 0 aliphatic carbocycles. The van der Waals surface area contributed by atoms with Crippen molar-refractivity contribution in [2.75, 3.05) is 12.4 Å². The van der Waals surface area contributed by atoms with Gasteiger partial charge in [0, 0.05) is 7.05 Å². The first-order valence-electron chi connectivity index (χ1n) is 5.55. The van der Waals surface area contributed by atoms with Crippen LogP contribution in [0.2, 0.25) is 0 Å². The average Bonchev–Trinajstić information content (AvgIpc) is 2.75. The summed E-state index contributed by atoms with van der Waals surface area (Å²) in [5.74, 6) is 0.724. The van der Waals surface area contributed by atoms with Crippen LogP contribution in [0.3, 0.4) is 0 Å².